The lowest BCUT2D eigenvalue weighted by molar-refractivity contribution is 0.574. The second-order valence-corrected chi connectivity index (χ2v) is 7.55. The van der Waals surface area contributed by atoms with Gasteiger partial charge in [0.1, 0.15) is 0 Å². The lowest BCUT2D eigenvalue weighted by atomic mass is 10.1. The smallest absolute Gasteiger partial charge is 0.215 e. The summed E-state index contributed by atoms with van der Waals surface area (Å²) >= 11 is 0. The molecule has 0 aliphatic heterocycles. The Labute approximate surface area is 143 Å². The minimum atomic E-state index is -3.25. The van der Waals surface area contributed by atoms with Crippen molar-refractivity contribution in [1.82, 2.24) is 10.0 Å². The van der Waals surface area contributed by atoms with Gasteiger partial charge in [0.05, 0.1) is 17.4 Å². The maximum atomic E-state index is 11.5. The summed E-state index contributed by atoms with van der Waals surface area (Å²) < 4.78 is 25.4. The Morgan fingerprint density at radius 2 is 1.79 bits per heavy atom. The van der Waals surface area contributed by atoms with E-state index in [1.54, 1.807) is 6.07 Å². The normalized spacial score (nSPS) is 12.5. The van der Waals surface area contributed by atoms with Gasteiger partial charge in [-0.05, 0) is 42.8 Å². The summed E-state index contributed by atoms with van der Waals surface area (Å²) in [6.07, 6.45) is 0. The molecule has 0 saturated heterocycles. The maximum Gasteiger partial charge on any atom is 0.215 e. The molecule has 1 atom stereocenters. The van der Waals surface area contributed by atoms with Crippen molar-refractivity contribution in [2.45, 2.75) is 25.3 Å². The maximum absolute atomic E-state index is 11.5. The highest BCUT2D eigenvalue weighted by Gasteiger charge is 2.09. The summed E-state index contributed by atoms with van der Waals surface area (Å²) in [6.45, 7) is 2.71. The molecule has 24 heavy (non-hydrogen) atoms. The molecule has 2 N–H and O–H groups in total. The van der Waals surface area contributed by atoms with Crippen LogP contribution in [0.2, 0.25) is 0 Å². The minimum Gasteiger partial charge on any atom is -0.306 e. The Morgan fingerprint density at radius 1 is 1.12 bits per heavy atom. The SMILES string of the molecule is CNS(=O)(=O)Cc1ccc(CN[C@H](C)c2cccc(C#N)c2)cc1. The molecule has 0 heterocycles. The highest BCUT2D eigenvalue weighted by molar-refractivity contribution is 7.88. The highest BCUT2D eigenvalue weighted by atomic mass is 32.2. The predicted octanol–water partition coefficient (Wildman–Crippen LogP) is 2.46. The molecule has 0 aliphatic rings. The van der Waals surface area contributed by atoms with Gasteiger partial charge < -0.3 is 5.32 Å². The number of nitrogens with zero attached hydrogens (tertiary/aromatic N) is 1. The highest BCUT2D eigenvalue weighted by Crippen LogP contribution is 2.15. The zero-order chi connectivity index (χ0) is 17.6. The largest absolute Gasteiger partial charge is 0.306 e. The second-order valence-electron chi connectivity index (χ2n) is 5.62. The third-order valence-electron chi connectivity index (χ3n) is 3.82. The summed E-state index contributed by atoms with van der Waals surface area (Å²) in [5, 5.41) is 12.4. The van der Waals surface area contributed by atoms with Gasteiger partial charge >= 0.3 is 0 Å². The third kappa shape index (κ3) is 5.17. The fourth-order valence-corrected chi connectivity index (χ4v) is 3.09. The summed E-state index contributed by atoms with van der Waals surface area (Å²) in [5.41, 5.74) is 3.54. The number of nitrogens with one attached hydrogen (secondary N) is 2. The van der Waals surface area contributed by atoms with Crippen LogP contribution in [0.25, 0.3) is 0 Å². The standard InChI is InChI=1S/C18H21N3O2S/c1-14(18-5-3-4-17(10-18)11-19)21-12-15-6-8-16(9-7-15)13-24(22,23)20-2/h3-10,14,20-21H,12-13H2,1-2H3/t14-/m1/s1. The molecule has 0 aliphatic carbocycles. The molecule has 6 heteroatoms. The zero-order valence-electron chi connectivity index (χ0n) is 13.8. The Bertz CT molecular complexity index is 824. The molecule has 5 nitrogen and oxygen atoms in total. The van der Waals surface area contributed by atoms with Gasteiger partial charge in [0.2, 0.25) is 10.0 Å². The van der Waals surface area contributed by atoms with Crippen molar-refractivity contribution in [2.24, 2.45) is 0 Å². The Hall–Kier alpha value is -2.20. The van der Waals surface area contributed by atoms with Crippen LogP contribution in [0.1, 0.15) is 35.2 Å². The summed E-state index contributed by atoms with van der Waals surface area (Å²) in [6, 6.07) is 17.3. The molecule has 0 aromatic heterocycles. The predicted molar refractivity (Wildman–Crippen MR) is 94.5 cm³/mol. The lowest BCUT2D eigenvalue weighted by Crippen LogP contribution is -2.20. The fourth-order valence-electron chi connectivity index (χ4n) is 2.31. The van der Waals surface area contributed by atoms with E-state index in [4.69, 9.17) is 5.26 Å². The molecule has 0 amide bonds. The van der Waals surface area contributed by atoms with Crippen LogP contribution in [0.5, 0.6) is 0 Å². The third-order valence-corrected chi connectivity index (χ3v) is 5.15. The first-order chi connectivity index (χ1) is 11.4. The van der Waals surface area contributed by atoms with E-state index < -0.39 is 10.0 Å². The Morgan fingerprint density at radius 3 is 2.42 bits per heavy atom. The number of nitriles is 1. The zero-order valence-corrected chi connectivity index (χ0v) is 14.6. The van der Waals surface area contributed by atoms with E-state index in [0.29, 0.717) is 12.1 Å². The summed E-state index contributed by atoms with van der Waals surface area (Å²) in [7, 11) is -1.83. The quantitative estimate of drug-likeness (QED) is 0.809. The van der Waals surface area contributed by atoms with E-state index in [2.05, 4.69) is 16.1 Å². The van der Waals surface area contributed by atoms with Crippen LogP contribution in [0.15, 0.2) is 48.5 Å². The number of benzene rings is 2. The Kier molecular flexibility index (Phi) is 6.10. The van der Waals surface area contributed by atoms with Crippen LogP contribution >= 0.6 is 0 Å². The van der Waals surface area contributed by atoms with Gasteiger partial charge in [-0.2, -0.15) is 5.26 Å². The summed E-state index contributed by atoms with van der Waals surface area (Å²) in [4.78, 5) is 0. The average Bonchev–Trinajstić information content (AvgIpc) is 2.60. The topological polar surface area (TPSA) is 82.0 Å². The minimum absolute atomic E-state index is 0.0193. The molecule has 126 valence electrons. The molecule has 2 aromatic carbocycles. The molecular formula is C18H21N3O2S. The molecule has 0 radical (unpaired) electrons. The van der Waals surface area contributed by atoms with Crippen molar-refractivity contribution in [2.75, 3.05) is 7.05 Å². The van der Waals surface area contributed by atoms with Gasteiger partial charge in [-0.1, -0.05) is 36.4 Å². The van der Waals surface area contributed by atoms with Crippen LogP contribution in [0, 0.1) is 11.3 Å². The van der Waals surface area contributed by atoms with Crippen molar-refractivity contribution in [3.8, 4) is 6.07 Å². The molecular weight excluding hydrogens is 322 g/mol. The fraction of sp³-hybridized carbons (Fsp3) is 0.278. The van der Waals surface area contributed by atoms with Crippen molar-refractivity contribution < 1.29 is 8.42 Å². The Balaban J connectivity index is 1.95. The van der Waals surface area contributed by atoms with Gasteiger partial charge in [0, 0.05) is 12.6 Å². The van der Waals surface area contributed by atoms with Gasteiger partial charge in [-0.15, -0.1) is 0 Å². The molecule has 0 bridgehead atoms. The number of rotatable bonds is 7. The van der Waals surface area contributed by atoms with Crippen molar-refractivity contribution in [3.05, 3.63) is 70.8 Å². The number of hydrogen-bond acceptors (Lipinski definition) is 4. The van der Waals surface area contributed by atoms with Crippen LogP contribution < -0.4 is 10.0 Å². The molecule has 2 rings (SSSR count). The molecule has 0 unspecified atom stereocenters. The second kappa shape index (κ2) is 8.06. The molecule has 2 aromatic rings. The van der Waals surface area contributed by atoms with Crippen LogP contribution in [-0.4, -0.2) is 15.5 Å². The van der Waals surface area contributed by atoms with Crippen LogP contribution in [0.4, 0.5) is 0 Å². The van der Waals surface area contributed by atoms with Crippen molar-refractivity contribution in [3.63, 3.8) is 0 Å². The first-order valence-corrected chi connectivity index (χ1v) is 9.31. The molecule has 0 saturated carbocycles. The van der Waals surface area contributed by atoms with Crippen LogP contribution in [-0.2, 0) is 22.3 Å². The average molecular weight is 343 g/mol. The van der Waals surface area contributed by atoms with Crippen molar-refractivity contribution in [1.29, 1.82) is 5.26 Å². The van der Waals surface area contributed by atoms with Gasteiger partial charge in [-0.3, -0.25) is 0 Å². The molecule has 0 fully saturated rings. The van der Waals surface area contributed by atoms with E-state index in [0.717, 1.165) is 16.7 Å². The molecule has 0 spiro atoms. The van der Waals surface area contributed by atoms with Gasteiger partial charge in [0.25, 0.3) is 0 Å². The van der Waals surface area contributed by atoms with E-state index in [9.17, 15) is 8.42 Å². The monoisotopic (exact) mass is 343 g/mol. The lowest BCUT2D eigenvalue weighted by Gasteiger charge is -2.15. The van der Waals surface area contributed by atoms with E-state index in [1.165, 1.54) is 7.05 Å². The number of hydrogen-bond donors (Lipinski definition) is 2. The number of sulfonamides is 1. The van der Waals surface area contributed by atoms with E-state index in [-0.39, 0.29) is 11.8 Å². The van der Waals surface area contributed by atoms with Crippen LogP contribution in [0.3, 0.4) is 0 Å². The first-order valence-electron chi connectivity index (χ1n) is 7.66. The first kappa shape index (κ1) is 18.1. The van der Waals surface area contributed by atoms with E-state index in [1.807, 2.05) is 49.4 Å². The summed E-state index contributed by atoms with van der Waals surface area (Å²) in [5.74, 6) is -0.0193. The van der Waals surface area contributed by atoms with Gasteiger partial charge in [-0.25, -0.2) is 13.1 Å². The van der Waals surface area contributed by atoms with Crippen molar-refractivity contribution >= 4 is 10.0 Å². The van der Waals surface area contributed by atoms with E-state index >= 15 is 0 Å². The van der Waals surface area contributed by atoms with Gasteiger partial charge in [0.15, 0.2) is 0 Å².